The van der Waals surface area contributed by atoms with E-state index in [9.17, 15) is 4.79 Å². The number of nitrogen functional groups attached to an aromatic ring is 1. The van der Waals surface area contributed by atoms with Gasteiger partial charge in [-0.15, -0.1) is 0 Å². The first-order valence-electron chi connectivity index (χ1n) is 5.33. The molecule has 5 nitrogen and oxygen atoms in total. The van der Waals surface area contributed by atoms with Gasteiger partial charge in [0.1, 0.15) is 12.4 Å². The number of rotatable bonds is 2. The van der Waals surface area contributed by atoms with E-state index >= 15 is 0 Å². The van der Waals surface area contributed by atoms with E-state index in [1.54, 1.807) is 16.9 Å². The van der Waals surface area contributed by atoms with Gasteiger partial charge >= 0.3 is 0 Å². The SMILES string of the molecule is CC1CN(C(=O)Cn2ccc(N)n2)CCS1. The molecule has 2 heterocycles. The van der Waals surface area contributed by atoms with Crippen LogP contribution < -0.4 is 5.73 Å². The van der Waals surface area contributed by atoms with E-state index in [0.29, 0.717) is 11.1 Å². The molecule has 0 bridgehead atoms. The van der Waals surface area contributed by atoms with Crippen LogP contribution in [0, 0.1) is 0 Å². The summed E-state index contributed by atoms with van der Waals surface area (Å²) in [6.45, 7) is 4.11. The molecule has 1 aliphatic heterocycles. The summed E-state index contributed by atoms with van der Waals surface area (Å²) in [5.74, 6) is 1.60. The topological polar surface area (TPSA) is 64.2 Å². The summed E-state index contributed by atoms with van der Waals surface area (Å²) >= 11 is 1.91. The van der Waals surface area contributed by atoms with Crippen LogP contribution in [0.1, 0.15) is 6.92 Å². The number of nitrogens with two attached hydrogens (primary N) is 1. The first-order valence-corrected chi connectivity index (χ1v) is 6.38. The van der Waals surface area contributed by atoms with Crippen LogP contribution in [-0.4, -0.2) is 44.7 Å². The maximum absolute atomic E-state index is 11.9. The van der Waals surface area contributed by atoms with Crippen molar-refractivity contribution in [3.05, 3.63) is 12.3 Å². The maximum Gasteiger partial charge on any atom is 0.244 e. The van der Waals surface area contributed by atoms with E-state index in [-0.39, 0.29) is 12.5 Å². The summed E-state index contributed by atoms with van der Waals surface area (Å²) in [4.78, 5) is 13.8. The third kappa shape index (κ3) is 2.69. The Morgan fingerprint density at radius 3 is 3.19 bits per heavy atom. The van der Waals surface area contributed by atoms with Gasteiger partial charge in [0.2, 0.25) is 5.91 Å². The number of hydrogen-bond acceptors (Lipinski definition) is 4. The lowest BCUT2D eigenvalue weighted by Crippen LogP contribution is -2.42. The highest BCUT2D eigenvalue weighted by Gasteiger charge is 2.21. The van der Waals surface area contributed by atoms with Crippen LogP contribution in [0.15, 0.2) is 12.3 Å². The van der Waals surface area contributed by atoms with Crippen molar-refractivity contribution in [2.24, 2.45) is 0 Å². The number of amides is 1. The molecule has 0 spiro atoms. The molecule has 88 valence electrons. The van der Waals surface area contributed by atoms with Crippen LogP contribution >= 0.6 is 11.8 Å². The summed E-state index contributed by atoms with van der Waals surface area (Å²) in [5, 5.41) is 4.53. The van der Waals surface area contributed by atoms with Crippen LogP contribution in [0.3, 0.4) is 0 Å². The average molecular weight is 240 g/mol. The minimum absolute atomic E-state index is 0.121. The zero-order valence-corrected chi connectivity index (χ0v) is 10.1. The van der Waals surface area contributed by atoms with E-state index in [0.717, 1.165) is 18.8 Å². The third-order valence-electron chi connectivity index (χ3n) is 2.55. The van der Waals surface area contributed by atoms with Gasteiger partial charge in [0.05, 0.1) is 0 Å². The number of hydrogen-bond donors (Lipinski definition) is 1. The molecule has 1 atom stereocenters. The molecule has 0 radical (unpaired) electrons. The predicted octanol–water partition coefficient (Wildman–Crippen LogP) is 0.429. The van der Waals surface area contributed by atoms with E-state index in [4.69, 9.17) is 5.73 Å². The van der Waals surface area contributed by atoms with Crippen molar-refractivity contribution in [3.8, 4) is 0 Å². The Balaban J connectivity index is 1.92. The van der Waals surface area contributed by atoms with Gasteiger partial charge in [-0.25, -0.2) is 0 Å². The number of thioether (sulfide) groups is 1. The Bertz CT molecular complexity index is 379. The van der Waals surface area contributed by atoms with Crippen molar-refractivity contribution >= 4 is 23.5 Å². The molecule has 1 amide bonds. The molecule has 6 heteroatoms. The van der Waals surface area contributed by atoms with Crippen molar-refractivity contribution < 1.29 is 4.79 Å². The van der Waals surface area contributed by atoms with Gasteiger partial charge in [0.15, 0.2) is 0 Å². The smallest absolute Gasteiger partial charge is 0.244 e. The highest BCUT2D eigenvalue weighted by atomic mass is 32.2. The van der Waals surface area contributed by atoms with Gasteiger partial charge < -0.3 is 10.6 Å². The molecule has 2 rings (SSSR count). The van der Waals surface area contributed by atoms with Gasteiger partial charge in [0, 0.05) is 30.3 Å². The maximum atomic E-state index is 11.9. The van der Waals surface area contributed by atoms with Crippen molar-refractivity contribution in [3.63, 3.8) is 0 Å². The zero-order chi connectivity index (χ0) is 11.5. The van der Waals surface area contributed by atoms with Crippen molar-refractivity contribution in [1.29, 1.82) is 0 Å². The van der Waals surface area contributed by atoms with E-state index in [1.807, 2.05) is 16.7 Å². The Hall–Kier alpha value is -1.17. The summed E-state index contributed by atoms with van der Waals surface area (Å²) in [6, 6.07) is 1.70. The van der Waals surface area contributed by atoms with E-state index in [2.05, 4.69) is 12.0 Å². The van der Waals surface area contributed by atoms with Crippen molar-refractivity contribution in [1.82, 2.24) is 14.7 Å². The van der Waals surface area contributed by atoms with E-state index in [1.165, 1.54) is 0 Å². The molecule has 0 aliphatic carbocycles. The number of carbonyl (C=O) groups excluding carboxylic acids is 1. The Morgan fingerprint density at radius 2 is 2.56 bits per heavy atom. The van der Waals surface area contributed by atoms with Crippen LogP contribution in [-0.2, 0) is 11.3 Å². The van der Waals surface area contributed by atoms with Crippen LogP contribution in [0.5, 0.6) is 0 Å². The Labute approximate surface area is 99.0 Å². The number of anilines is 1. The molecule has 1 saturated heterocycles. The lowest BCUT2D eigenvalue weighted by Gasteiger charge is -2.30. The molecule has 0 aromatic carbocycles. The first kappa shape index (κ1) is 11.3. The number of aromatic nitrogens is 2. The molecule has 0 saturated carbocycles. The van der Waals surface area contributed by atoms with Crippen molar-refractivity contribution in [2.45, 2.75) is 18.7 Å². The molecular weight excluding hydrogens is 224 g/mol. The second-order valence-electron chi connectivity index (χ2n) is 3.96. The second-order valence-corrected chi connectivity index (χ2v) is 5.51. The largest absolute Gasteiger partial charge is 0.382 e. The number of carbonyl (C=O) groups is 1. The minimum Gasteiger partial charge on any atom is -0.382 e. The average Bonchev–Trinajstić information content (AvgIpc) is 2.64. The minimum atomic E-state index is 0.121. The highest BCUT2D eigenvalue weighted by molar-refractivity contribution is 7.99. The fraction of sp³-hybridized carbons (Fsp3) is 0.600. The normalized spacial score (nSPS) is 21.1. The van der Waals surface area contributed by atoms with Gasteiger partial charge in [-0.3, -0.25) is 9.48 Å². The van der Waals surface area contributed by atoms with Crippen molar-refractivity contribution in [2.75, 3.05) is 24.6 Å². The molecule has 1 unspecified atom stereocenters. The lowest BCUT2D eigenvalue weighted by molar-refractivity contribution is -0.131. The quantitative estimate of drug-likeness (QED) is 0.814. The Morgan fingerprint density at radius 1 is 1.75 bits per heavy atom. The van der Waals surface area contributed by atoms with Gasteiger partial charge in [-0.2, -0.15) is 16.9 Å². The van der Waals surface area contributed by atoms with Crippen LogP contribution in [0.25, 0.3) is 0 Å². The van der Waals surface area contributed by atoms with E-state index < -0.39 is 0 Å². The Kier molecular flexibility index (Phi) is 3.38. The van der Waals surface area contributed by atoms with Crippen LogP contribution in [0.2, 0.25) is 0 Å². The summed E-state index contributed by atoms with van der Waals surface area (Å²) in [7, 11) is 0. The predicted molar refractivity (Wildman–Crippen MR) is 65.1 cm³/mol. The fourth-order valence-corrected chi connectivity index (χ4v) is 2.76. The molecule has 1 aliphatic rings. The third-order valence-corrected chi connectivity index (χ3v) is 3.69. The molecule has 1 aromatic rings. The second kappa shape index (κ2) is 4.78. The number of nitrogens with zero attached hydrogens (tertiary/aromatic N) is 3. The highest BCUT2D eigenvalue weighted by Crippen LogP contribution is 2.17. The van der Waals surface area contributed by atoms with Crippen LogP contribution in [0.4, 0.5) is 5.82 Å². The standard InChI is InChI=1S/C10H16N4OS/c1-8-6-13(4-5-16-8)10(15)7-14-3-2-9(11)12-14/h2-3,8H,4-7H2,1H3,(H2,11,12). The molecule has 16 heavy (non-hydrogen) atoms. The molecule has 1 aromatic heterocycles. The molecule has 1 fully saturated rings. The molecule has 2 N–H and O–H groups in total. The van der Waals surface area contributed by atoms with Gasteiger partial charge in [-0.1, -0.05) is 6.92 Å². The summed E-state index contributed by atoms with van der Waals surface area (Å²) < 4.78 is 1.59. The van der Waals surface area contributed by atoms with Gasteiger partial charge in [0.25, 0.3) is 0 Å². The first-order chi connectivity index (χ1) is 7.65. The summed E-state index contributed by atoms with van der Waals surface area (Å²) in [5.41, 5.74) is 5.49. The summed E-state index contributed by atoms with van der Waals surface area (Å²) in [6.07, 6.45) is 1.73. The van der Waals surface area contributed by atoms with Gasteiger partial charge in [-0.05, 0) is 6.07 Å². The zero-order valence-electron chi connectivity index (χ0n) is 9.30. The molecular formula is C10H16N4OS. The fourth-order valence-electron chi connectivity index (χ4n) is 1.75. The lowest BCUT2D eigenvalue weighted by atomic mass is 10.3. The monoisotopic (exact) mass is 240 g/mol.